The first kappa shape index (κ1) is 15.5. The Morgan fingerprint density at radius 1 is 1.32 bits per heavy atom. The summed E-state index contributed by atoms with van der Waals surface area (Å²) in [6.07, 6.45) is 9.69. The molecule has 0 amide bonds. The number of nitrogens with zero attached hydrogens (tertiary/aromatic N) is 1. The summed E-state index contributed by atoms with van der Waals surface area (Å²) in [6.45, 7) is 5.66. The van der Waals surface area contributed by atoms with E-state index in [2.05, 4.69) is 24.1 Å². The first-order valence-electron chi connectivity index (χ1n) is 7.92. The summed E-state index contributed by atoms with van der Waals surface area (Å²) < 4.78 is 11.5. The van der Waals surface area contributed by atoms with Gasteiger partial charge in [-0.1, -0.05) is 13.3 Å². The van der Waals surface area contributed by atoms with Crippen LogP contribution in [0.25, 0.3) is 0 Å². The van der Waals surface area contributed by atoms with Crippen LogP contribution in [0.1, 0.15) is 52.4 Å². The van der Waals surface area contributed by atoms with E-state index in [9.17, 15) is 4.21 Å². The van der Waals surface area contributed by atoms with Crippen molar-refractivity contribution in [2.75, 3.05) is 18.6 Å². The highest BCUT2D eigenvalue weighted by Gasteiger charge is 2.40. The van der Waals surface area contributed by atoms with Crippen molar-refractivity contribution in [3.8, 4) is 0 Å². The summed E-state index contributed by atoms with van der Waals surface area (Å²) in [5.74, 6) is 0.833. The molecule has 4 unspecified atom stereocenters. The van der Waals surface area contributed by atoms with Crippen molar-refractivity contribution in [1.29, 1.82) is 0 Å². The minimum atomic E-state index is -0.676. The van der Waals surface area contributed by atoms with Crippen molar-refractivity contribution in [3.05, 3.63) is 0 Å². The molecule has 0 aromatic carbocycles. The Morgan fingerprint density at radius 2 is 1.95 bits per heavy atom. The van der Waals surface area contributed by atoms with Gasteiger partial charge in [-0.15, -0.1) is 0 Å². The van der Waals surface area contributed by atoms with Gasteiger partial charge in [0.05, 0.1) is 0 Å². The van der Waals surface area contributed by atoms with Crippen LogP contribution in [0.3, 0.4) is 0 Å². The third-order valence-corrected chi connectivity index (χ3v) is 5.65. The van der Waals surface area contributed by atoms with E-state index in [1.165, 1.54) is 38.5 Å². The molecule has 2 aliphatic heterocycles. The highest BCUT2D eigenvalue weighted by Crippen LogP contribution is 2.35. The van der Waals surface area contributed by atoms with Crippen LogP contribution in [0.4, 0.5) is 0 Å². The number of fused-ring (bicyclic) bond motifs is 2. The molecule has 2 saturated heterocycles. The zero-order chi connectivity index (χ0) is 13.8. The van der Waals surface area contributed by atoms with Gasteiger partial charge in [-0.2, -0.15) is 0 Å². The SMILES string of the molecule is CCCNC1CC2CCCC(C1)N2C(C)CS(C)=O. The Morgan fingerprint density at radius 3 is 2.47 bits per heavy atom. The van der Waals surface area contributed by atoms with Gasteiger partial charge in [0.15, 0.2) is 0 Å². The van der Waals surface area contributed by atoms with E-state index in [1.54, 1.807) is 0 Å². The number of hydrogen-bond acceptors (Lipinski definition) is 3. The van der Waals surface area contributed by atoms with Crippen LogP contribution in [-0.4, -0.2) is 51.8 Å². The zero-order valence-corrected chi connectivity index (χ0v) is 13.5. The highest BCUT2D eigenvalue weighted by molar-refractivity contribution is 7.84. The van der Waals surface area contributed by atoms with E-state index < -0.39 is 10.8 Å². The molecule has 1 N–H and O–H groups in total. The fourth-order valence-corrected chi connectivity index (χ4v) is 4.93. The van der Waals surface area contributed by atoms with E-state index in [1.807, 2.05) is 6.26 Å². The zero-order valence-electron chi connectivity index (χ0n) is 12.7. The molecule has 2 aliphatic rings. The van der Waals surface area contributed by atoms with Crippen LogP contribution < -0.4 is 5.32 Å². The second kappa shape index (κ2) is 7.19. The number of rotatable bonds is 6. The van der Waals surface area contributed by atoms with E-state index in [0.717, 1.165) is 24.4 Å². The van der Waals surface area contributed by atoms with Crippen molar-refractivity contribution in [1.82, 2.24) is 10.2 Å². The van der Waals surface area contributed by atoms with Gasteiger partial charge in [-0.05, 0) is 45.6 Å². The van der Waals surface area contributed by atoms with Crippen molar-refractivity contribution in [2.24, 2.45) is 0 Å². The molecule has 4 heteroatoms. The van der Waals surface area contributed by atoms with E-state index in [4.69, 9.17) is 0 Å². The molecule has 4 atom stereocenters. The number of piperidine rings is 2. The fraction of sp³-hybridized carbons (Fsp3) is 1.00. The van der Waals surface area contributed by atoms with Gasteiger partial charge in [-0.25, -0.2) is 0 Å². The van der Waals surface area contributed by atoms with Crippen molar-refractivity contribution in [2.45, 2.75) is 76.5 Å². The minimum absolute atomic E-state index is 0.480. The fourth-order valence-electron chi connectivity index (χ4n) is 4.08. The van der Waals surface area contributed by atoms with Gasteiger partial charge in [-0.3, -0.25) is 9.11 Å². The molecule has 2 heterocycles. The van der Waals surface area contributed by atoms with Crippen molar-refractivity contribution >= 4 is 10.8 Å². The van der Waals surface area contributed by atoms with Crippen LogP contribution in [-0.2, 0) is 10.8 Å². The second-order valence-electron chi connectivity index (χ2n) is 6.40. The summed E-state index contributed by atoms with van der Waals surface area (Å²) in [4.78, 5) is 2.70. The van der Waals surface area contributed by atoms with Crippen molar-refractivity contribution in [3.63, 3.8) is 0 Å². The average Bonchev–Trinajstić information content (AvgIpc) is 2.34. The quantitative estimate of drug-likeness (QED) is 0.812. The molecule has 112 valence electrons. The summed E-state index contributed by atoms with van der Waals surface area (Å²) in [5, 5.41) is 3.71. The lowest BCUT2D eigenvalue weighted by molar-refractivity contribution is 0.00147. The average molecular weight is 286 g/mol. The maximum Gasteiger partial charge on any atom is 0.0385 e. The maximum absolute atomic E-state index is 11.5. The highest BCUT2D eigenvalue weighted by atomic mass is 32.2. The van der Waals surface area contributed by atoms with Crippen LogP contribution in [0.15, 0.2) is 0 Å². The summed E-state index contributed by atoms with van der Waals surface area (Å²) in [5.41, 5.74) is 0. The Hall–Kier alpha value is 0.0700. The second-order valence-corrected chi connectivity index (χ2v) is 7.88. The maximum atomic E-state index is 11.5. The Balaban J connectivity index is 1.97. The van der Waals surface area contributed by atoms with E-state index >= 15 is 0 Å². The number of nitrogens with one attached hydrogen (secondary N) is 1. The molecular weight excluding hydrogens is 256 g/mol. The minimum Gasteiger partial charge on any atom is -0.314 e. The predicted octanol–water partition coefficient (Wildman–Crippen LogP) is 2.14. The Bertz CT molecular complexity index is 297. The molecule has 0 saturated carbocycles. The van der Waals surface area contributed by atoms with Gasteiger partial charge in [0, 0.05) is 47.0 Å². The molecule has 2 fully saturated rings. The Kier molecular flexibility index (Phi) is 5.85. The molecule has 2 bridgehead atoms. The predicted molar refractivity (Wildman–Crippen MR) is 83.0 cm³/mol. The third-order valence-electron chi connectivity index (χ3n) is 4.70. The smallest absolute Gasteiger partial charge is 0.0385 e. The molecule has 0 spiro atoms. The lowest BCUT2D eigenvalue weighted by atomic mass is 9.81. The molecule has 3 nitrogen and oxygen atoms in total. The largest absolute Gasteiger partial charge is 0.314 e. The molecule has 2 rings (SSSR count). The van der Waals surface area contributed by atoms with Gasteiger partial charge < -0.3 is 5.32 Å². The Labute approximate surface area is 121 Å². The first-order chi connectivity index (χ1) is 9.11. The summed E-state index contributed by atoms with van der Waals surface area (Å²) in [7, 11) is -0.676. The van der Waals surface area contributed by atoms with Gasteiger partial charge >= 0.3 is 0 Å². The standard InChI is InChI=1S/C15H30N2OS/c1-4-8-16-13-9-14-6-5-7-15(10-13)17(14)12(2)11-19(3)18/h12-16H,4-11H2,1-3H3. The van der Waals surface area contributed by atoms with E-state index in [-0.39, 0.29) is 0 Å². The molecule has 0 radical (unpaired) electrons. The molecule has 19 heavy (non-hydrogen) atoms. The molecule has 0 aromatic heterocycles. The summed E-state index contributed by atoms with van der Waals surface area (Å²) >= 11 is 0. The first-order valence-corrected chi connectivity index (χ1v) is 9.65. The van der Waals surface area contributed by atoms with Crippen LogP contribution in [0.2, 0.25) is 0 Å². The topological polar surface area (TPSA) is 32.3 Å². The molecular formula is C15H30N2OS. The molecule has 0 aromatic rings. The number of hydrogen-bond donors (Lipinski definition) is 1. The van der Waals surface area contributed by atoms with Crippen LogP contribution in [0, 0.1) is 0 Å². The van der Waals surface area contributed by atoms with E-state index in [0.29, 0.717) is 12.1 Å². The lowest BCUT2D eigenvalue weighted by Crippen LogP contribution is -2.59. The van der Waals surface area contributed by atoms with Crippen LogP contribution >= 0.6 is 0 Å². The van der Waals surface area contributed by atoms with Crippen LogP contribution in [0.5, 0.6) is 0 Å². The van der Waals surface area contributed by atoms with Gasteiger partial charge in [0.2, 0.25) is 0 Å². The third kappa shape index (κ3) is 4.02. The van der Waals surface area contributed by atoms with Crippen molar-refractivity contribution < 1.29 is 4.21 Å². The normalized spacial score (nSPS) is 35.0. The van der Waals surface area contributed by atoms with Gasteiger partial charge in [0.1, 0.15) is 0 Å². The van der Waals surface area contributed by atoms with Gasteiger partial charge in [0.25, 0.3) is 0 Å². The lowest BCUT2D eigenvalue weighted by Gasteiger charge is -2.51. The monoisotopic (exact) mass is 286 g/mol. The summed E-state index contributed by atoms with van der Waals surface area (Å²) in [6, 6.07) is 2.64. The molecule has 0 aliphatic carbocycles.